The van der Waals surface area contributed by atoms with Crippen LogP contribution in [0.2, 0.25) is 0 Å². The van der Waals surface area contributed by atoms with E-state index in [1.54, 1.807) is 30.3 Å². The molecule has 0 fully saturated rings. The zero-order chi connectivity index (χ0) is 25.4. The lowest BCUT2D eigenvalue weighted by Crippen LogP contribution is -2.36. The Hall–Kier alpha value is -4.27. The highest BCUT2D eigenvalue weighted by Crippen LogP contribution is 2.39. The van der Waals surface area contributed by atoms with Gasteiger partial charge in [-0.2, -0.15) is 5.10 Å². The highest BCUT2D eigenvalue weighted by molar-refractivity contribution is 5.91. The van der Waals surface area contributed by atoms with Crippen molar-refractivity contribution in [1.29, 1.82) is 0 Å². The maximum Gasteiger partial charge on any atom is 0.272 e. The average Bonchev–Trinajstić information content (AvgIpc) is 3.11. The summed E-state index contributed by atoms with van der Waals surface area (Å²) in [5, 5.41) is 7.95. The van der Waals surface area contributed by atoms with Gasteiger partial charge in [0, 0.05) is 29.3 Å². The highest BCUT2D eigenvalue weighted by atomic mass is 16.5. The number of methoxy groups -OCH3 is 1. The van der Waals surface area contributed by atoms with E-state index in [0.29, 0.717) is 47.7 Å². The van der Waals surface area contributed by atoms with Crippen LogP contribution in [0, 0.1) is 13.8 Å². The van der Waals surface area contributed by atoms with Crippen LogP contribution < -0.4 is 15.0 Å². The Kier molecular flexibility index (Phi) is 6.13. The van der Waals surface area contributed by atoms with Crippen molar-refractivity contribution in [2.24, 2.45) is 0 Å². The Balaban J connectivity index is 1.52. The zero-order valence-electron chi connectivity index (χ0n) is 20.7. The van der Waals surface area contributed by atoms with Crippen molar-refractivity contribution in [1.82, 2.24) is 25.1 Å². The number of rotatable bonds is 4. The summed E-state index contributed by atoms with van der Waals surface area (Å²) in [6.07, 6.45) is 1.74. The largest absolute Gasteiger partial charge is 0.493 e. The summed E-state index contributed by atoms with van der Waals surface area (Å²) >= 11 is 0. The van der Waals surface area contributed by atoms with Gasteiger partial charge in [-0.05, 0) is 39.0 Å². The molecule has 2 aromatic carbocycles. The van der Waals surface area contributed by atoms with Crippen LogP contribution in [0.25, 0.3) is 22.0 Å². The van der Waals surface area contributed by atoms with Gasteiger partial charge in [0.05, 0.1) is 47.7 Å². The summed E-state index contributed by atoms with van der Waals surface area (Å²) in [5.41, 5.74) is 4.30. The number of aromatic amines is 1. The summed E-state index contributed by atoms with van der Waals surface area (Å²) in [6.45, 7) is 6.68. The number of hydrogen-bond donors (Lipinski definition) is 1. The van der Waals surface area contributed by atoms with Crippen LogP contribution in [-0.2, 0) is 11.3 Å². The topological polar surface area (TPSA) is 110 Å². The van der Waals surface area contributed by atoms with E-state index in [9.17, 15) is 9.59 Å². The number of aryl methyl sites for hydroxylation is 2. The predicted octanol–water partition coefficient (Wildman–Crippen LogP) is 3.53. The monoisotopic (exact) mass is 485 g/mol. The molecular formula is C27H27N5O4. The first-order chi connectivity index (χ1) is 17.4. The van der Waals surface area contributed by atoms with Crippen LogP contribution in [-0.4, -0.2) is 51.2 Å². The van der Waals surface area contributed by atoms with Crippen LogP contribution in [0.15, 0.2) is 47.4 Å². The fourth-order valence-electron chi connectivity index (χ4n) is 4.63. The Labute approximate surface area is 208 Å². The van der Waals surface area contributed by atoms with E-state index < -0.39 is 5.92 Å². The number of amides is 1. The Morgan fingerprint density at radius 2 is 1.97 bits per heavy atom. The van der Waals surface area contributed by atoms with E-state index in [-0.39, 0.29) is 11.5 Å². The first-order valence-corrected chi connectivity index (χ1v) is 11.8. The first kappa shape index (κ1) is 23.5. The van der Waals surface area contributed by atoms with Gasteiger partial charge in [-0.1, -0.05) is 18.2 Å². The molecule has 9 heteroatoms. The van der Waals surface area contributed by atoms with E-state index >= 15 is 0 Å². The molecule has 1 N–H and O–H groups in total. The second kappa shape index (κ2) is 9.41. The number of carbonyl (C=O) groups excluding carboxylic acids is 1. The number of nitrogens with zero attached hydrogens (tertiary/aromatic N) is 4. The molecule has 0 spiro atoms. The second-order valence-corrected chi connectivity index (χ2v) is 8.93. The van der Waals surface area contributed by atoms with Gasteiger partial charge in [0.1, 0.15) is 6.61 Å². The number of aromatic nitrogens is 4. The predicted molar refractivity (Wildman–Crippen MR) is 135 cm³/mol. The molecule has 9 nitrogen and oxygen atoms in total. The Morgan fingerprint density at radius 3 is 2.75 bits per heavy atom. The summed E-state index contributed by atoms with van der Waals surface area (Å²) in [6, 6.07) is 11.1. The van der Waals surface area contributed by atoms with Gasteiger partial charge < -0.3 is 14.4 Å². The molecule has 1 aliphatic heterocycles. The molecule has 2 aromatic heterocycles. The van der Waals surface area contributed by atoms with Crippen LogP contribution >= 0.6 is 0 Å². The molecular weight excluding hydrogens is 458 g/mol. The SMILES string of the molecule is COc1cc(-c2nc(C)cnc2C)cc2c1OCCN(C(=O)[C@H](C)c1n[nH]c(=O)c3ccccc13)C2. The van der Waals surface area contributed by atoms with Crippen LogP contribution in [0.4, 0.5) is 0 Å². The van der Waals surface area contributed by atoms with E-state index in [1.807, 2.05) is 45.0 Å². The molecule has 0 bridgehead atoms. The first-order valence-electron chi connectivity index (χ1n) is 11.8. The fourth-order valence-corrected chi connectivity index (χ4v) is 4.63. The van der Waals surface area contributed by atoms with Gasteiger partial charge in [0.2, 0.25) is 5.91 Å². The van der Waals surface area contributed by atoms with Gasteiger partial charge in [-0.3, -0.25) is 14.6 Å². The molecule has 1 atom stereocenters. The lowest BCUT2D eigenvalue weighted by atomic mass is 9.99. The molecule has 0 unspecified atom stereocenters. The van der Waals surface area contributed by atoms with Crippen molar-refractivity contribution in [2.45, 2.75) is 33.2 Å². The molecule has 1 aliphatic rings. The minimum absolute atomic E-state index is 0.105. The number of ether oxygens (including phenoxy) is 2. The summed E-state index contributed by atoms with van der Waals surface area (Å²) in [5.74, 6) is 0.534. The minimum Gasteiger partial charge on any atom is -0.493 e. The van der Waals surface area contributed by atoms with Crippen molar-refractivity contribution in [3.8, 4) is 22.8 Å². The number of nitrogens with one attached hydrogen (secondary N) is 1. The fraction of sp³-hybridized carbons (Fsp3) is 0.296. The van der Waals surface area contributed by atoms with Crippen LogP contribution in [0.3, 0.4) is 0 Å². The Morgan fingerprint density at radius 1 is 1.19 bits per heavy atom. The normalized spacial score (nSPS) is 14.1. The third-order valence-corrected chi connectivity index (χ3v) is 6.49. The van der Waals surface area contributed by atoms with Crippen molar-refractivity contribution in [3.63, 3.8) is 0 Å². The molecule has 184 valence electrons. The number of hydrogen-bond acceptors (Lipinski definition) is 7. The van der Waals surface area contributed by atoms with Gasteiger partial charge >= 0.3 is 0 Å². The van der Waals surface area contributed by atoms with Crippen molar-refractivity contribution >= 4 is 16.7 Å². The number of H-pyrrole nitrogens is 1. The average molecular weight is 486 g/mol. The third kappa shape index (κ3) is 4.17. The van der Waals surface area contributed by atoms with Crippen molar-refractivity contribution in [2.75, 3.05) is 20.3 Å². The smallest absolute Gasteiger partial charge is 0.272 e. The quantitative estimate of drug-likeness (QED) is 0.471. The summed E-state index contributed by atoms with van der Waals surface area (Å²) < 4.78 is 11.7. The maximum atomic E-state index is 13.7. The number of fused-ring (bicyclic) bond motifs is 2. The molecule has 0 aliphatic carbocycles. The number of benzene rings is 2. The van der Waals surface area contributed by atoms with Crippen molar-refractivity contribution < 1.29 is 14.3 Å². The summed E-state index contributed by atoms with van der Waals surface area (Å²) in [7, 11) is 1.60. The molecule has 36 heavy (non-hydrogen) atoms. The van der Waals surface area contributed by atoms with Crippen LogP contribution in [0.1, 0.15) is 35.5 Å². The van der Waals surface area contributed by atoms with E-state index in [2.05, 4.69) is 20.2 Å². The van der Waals surface area contributed by atoms with Crippen LogP contribution in [0.5, 0.6) is 11.5 Å². The minimum atomic E-state index is -0.566. The number of carbonyl (C=O) groups is 1. The molecule has 0 radical (unpaired) electrons. The maximum absolute atomic E-state index is 13.7. The molecule has 3 heterocycles. The van der Waals surface area contributed by atoms with E-state index in [1.165, 1.54) is 0 Å². The van der Waals surface area contributed by atoms with Crippen molar-refractivity contribution in [3.05, 3.63) is 75.6 Å². The highest BCUT2D eigenvalue weighted by Gasteiger charge is 2.29. The molecule has 1 amide bonds. The molecule has 5 rings (SSSR count). The van der Waals surface area contributed by atoms with Gasteiger partial charge in [-0.25, -0.2) is 10.1 Å². The molecule has 4 aromatic rings. The molecule has 0 saturated carbocycles. The zero-order valence-corrected chi connectivity index (χ0v) is 20.7. The van der Waals surface area contributed by atoms with E-state index in [4.69, 9.17) is 9.47 Å². The summed E-state index contributed by atoms with van der Waals surface area (Å²) in [4.78, 5) is 36.8. The lowest BCUT2D eigenvalue weighted by Gasteiger charge is -2.24. The second-order valence-electron chi connectivity index (χ2n) is 8.93. The van der Waals surface area contributed by atoms with E-state index in [0.717, 1.165) is 28.2 Å². The molecule has 0 saturated heterocycles. The third-order valence-electron chi connectivity index (χ3n) is 6.49. The van der Waals surface area contributed by atoms with Gasteiger partial charge in [0.15, 0.2) is 11.5 Å². The lowest BCUT2D eigenvalue weighted by molar-refractivity contribution is -0.133. The Bertz CT molecular complexity index is 1530. The van der Waals surface area contributed by atoms with Gasteiger partial charge in [0.25, 0.3) is 5.56 Å². The van der Waals surface area contributed by atoms with Gasteiger partial charge in [-0.15, -0.1) is 0 Å². The standard InChI is InChI=1S/C27H27N5O4/c1-15-13-28-17(3)24(29-15)18-11-19-14-32(9-10-36-25(19)22(12-18)35-4)27(34)16(2)23-20-7-5-6-8-21(20)26(33)31-30-23/h5-8,11-13,16H,9-10,14H2,1-4H3,(H,31,33)/t16-/m1/s1.